The molecule has 0 spiro atoms. The molecule has 116 valence electrons. The smallest absolute Gasteiger partial charge is 0.0701 e. The maximum Gasteiger partial charge on any atom is 0.0701 e. The molecule has 21 heavy (non-hydrogen) atoms. The number of nitrogens with one attached hydrogen (secondary N) is 1. The van der Waals surface area contributed by atoms with Crippen LogP contribution in [0, 0.1) is 0 Å². The van der Waals surface area contributed by atoms with E-state index in [0.717, 1.165) is 13.1 Å². The molecule has 1 aromatic heterocycles. The molecule has 1 aromatic carbocycles. The largest absolute Gasteiger partial charge is 0.382 e. The van der Waals surface area contributed by atoms with Crippen LogP contribution in [0.4, 0.5) is 0 Å². The van der Waals surface area contributed by atoms with Gasteiger partial charge in [0, 0.05) is 37.5 Å². The van der Waals surface area contributed by atoms with Gasteiger partial charge in [-0.3, -0.25) is 0 Å². The second-order valence-electron chi connectivity index (χ2n) is 5.49. The Bertz CT molecular complexity index is 549. The molecule has 0 unspecified atom stereocenters. The van der Waals surface area contributed by atoms with E-state index in [1.54, 1.807) is 7.11 Å². The van der Waals surface area contributed by atoms with Gasteiger partial charge in [-0.15, -0.1) is 0 Å². The summed E-state index contributed by atoms with van der Waals surface area (Å²) in [5.74, 6) is 0. The van der Waals surface area contributed by atoms with Crippen LogP contribution in [-0.4, -0.2) is 37.5 Å². The van der Waals surface area contributed by atoms with Crippen LogP contribution in [0.1, 0.15) is 19.5 Å². The number of rotatable bonds is 9. The van der Waals surface area contributed by atoms with E-state index in [4.69, 9.17) is 9.47 Å². The zero-order valence-electron chi connectivity index (χ0n) is 13.3. The third-order valence-electron chi connectivity index (χ3n) is 3.48. The molecule has 0 radical (unpaired) electrons. The number of ether oxygens (including phenoxy) is 2. The van der Waals surface area contributed by atoms with E-state index in [1.165, 1.54) is 16.6 Å². The van der Waals surface area contributed by atoms with Crippen molar-refractivity contribution in [1.29, 1.82) is 0 Å². The second kappa shape index (κ2) is 8.17. The van der Waals surface area contributed by atoms with Crippen molar-refractivity contribution in [1.82, 2.24) is 9.88 Å². The number of nitrogens with zero attached hydrogens (tertiary/aromatic N) is 1. The predicted octanol–water partition coefficient (Wildman–Crippen LogP) is 2.80. The first-order chi connectivity index (χ1) is 10.2. The lowest BCUT2D eigenvalue weighted by atomic mass is 10.2. The van der Waals surface area contributed by atoms with Crippen LogP contribution in [-0.2, 0) is 22.6 Å². The molecule has 0 aliphatic carbocycles. The van der Waals surface area contributed by atoms with Crippen molar-refractivity contribution in [3.63, 3.8) is 0 Å². The van der Waals surface area contributed by atoms with E-state index in [-0.39, 0.29) is 0 Å². The molecule has 0 fully saturated rings. The third kappa shape index (κ3) is 4.56. The highest BCUT2D eigenvalue weighted by Gasteiger charge is 2.08. The normalized spacial score (nSPS) is 11.6. The maximum atomic E-state index is 5.61. The lowest BCUT2D eigenvalue weighted by Crippen LogP contribution is -2.24. The van der Waals surface area contributed by atoms with E-state index < -0.39 is 0 Å². The van der Waals surface area contributed by atoms with E-state index in [0.29, 0.717) is 25.9 Å². The van der Waals surface area contributed by atoms with Crippen molar-refractivity contribution in [3.8, 4) is 0 Å². The number of para-hydroxylation sites is 1. The highest BCUT2D eigenvalue weighted by Crippen LogP contribution is 2.19. The minimum atomic E-state index is 0.481. The first-order valence-electron chi connectivity index (χ1n) is 7.59. The summed E-state index contributed by atoms with van der Waals surface area (Å²) in [7, 11) is 1.69. The molecule has 0 saturated carbocycles. The average molecular weight is 290 g/mol. The Hall–Kier alpha value is -1.36. The minimum absolute atomic E-state index is 0.481. The number of hydrogen-bond donors (Lipinski definition) is 1. The van der Waals surface area contributed by atoms with Gasteiger partial charge in [-0.05, 0) is 17.5 Å². The molecule has 1 N–H and O–H groups in total. The number of methoxy groups -OCH3 is 1. The van der Waals surface area contributed by atoms with Gasteiger partial charge in [-0.2, -0.15) is 0 Å². The Morgan fingerprint density at radius 1 is 1.14 bits per heavy atom. The molecule has 1 heterocycles. The fourth-order valence-corrected chi connectivity index (χ4v) is 2.39. The summed E-state index contributed by atoms with van der Waals surface area (Å²) in [6, 6.07) is 11.3. The van der Waals surface area contributed by atoms with Gasteiger partial charge < -0.3 is 19.4 Å². The van der Waals surface area contributed by atoms with Crippen molar-refractivity contribution in [2.45, 2.75) is 33.0 Å². The quantitative estimate of drug-likeness (QED) is 0.721. The summed E-state index contributed by atoms with van der Waals surface area (Å²) < 4.78 is 13.0. The Labute approximate surface area is 127 Å². The molecule has 0 aliphatic heterocycles. The van der Waals surface area contributed by atoms with Gasteiger partial charge in [0.05, 0.1) is 19.8 Å². The van der Waals surface area contributed by atoms with Gasteiger partial charge in [0.25, 0.3) is 0 Å². The first kappa shape index (κ1) is 16.0. The van der Waals surface area contributed by atoms with E-state index in [1.807, 2.05) is 0 Å². The molecule has 0 atom stereocenters. The minimum Gasteiger partial charge on any atom is -0.382 e. The van der Waals surface area contributed by atoms with Crippen LogP contribution >= 0.6 is 0 Å². The van der Waals surface area contributed by atoms with E-state index in [9.17, 15) is 0 Å². The van der Waals surface area contributed by atoms with Gasteiger partial charge in [-0.1, -0.05) is 32.0 Å². The van der Waals surface area contributed by atoms with Gasteiger partial charge in [0.2, 0.25) is 0 Å². The van der Waals surface area contributed by atoms with Crippen molar-refractivity contribution in [2.75, 3.05) is 26.9 Å². The Balaban J connectivity index is 2.08. The zero-order chi connectivity index (χ0) is 15.1. The molecule has 4 nitrogen and oxygen atoms in total. The SMILES string of the molecule is COCCOCCn1c(CNC(C)C)cc2ccccc21. The van der Waals surface area contributed by atoms with Crippen LogP contribution < -0.4 is 5.32 Å². The molecule has 2 aromatic rings. The Kier molecular flexibility index (Phi) is 6.23. The predicted molar refractivity (Wildman–Crippen MR) is 86.6 cm³/mol. The van der Waals surface area contributed by atoms with E-state index in [2.05, 4.69) is 54.1 Å². The molecule has 2 rings (SSSR count). The standard InChI is InChI=1S/C17H26N2O2/c1-14(2)18-13-16-12-15-6-4-5-7-17(15)19(16)8-9-21-11-10-20-3/h4-7,12,14,18H,8-11,13H2,1-3H3. The summed E-state index contributed by atoms with van der Waals surface area (Å²) in [5, 5.41) is 4.78. The fraction of sp³-hybridized carbons (Fsp3) is 0.529. The van der Waals surface area contributed by atoms with Crippen LogP contribution in [0.2, 0.25) is 0 Å². The number of aromatic nitrogens is 1. The highest BCUT2D eigenvalue weighted by molar-refractivity contribution is 5.81. The van der Waals surface area contributed by atoms with Gasteiger partial charge in [0.15, 0.2) is 0 Å². The maximum absolute atomic E-state index is 5.61. The summed E-state index contributed by atoms with van der Waals surface area (Å²) >= 11 is 0. The molecular formula is C17H26N2O2. The molecule has 0 aliphatic rings. The summed E-state index contributed by atoms with van der Waals surface area (Å²) in [4.78, 5) is 0. The van der Waals surface area contributed by atoms with Crippen LogP contribution in [0.15, 0.2) is 30.3 Å². The number of hydrogen-bond acceptors (Lipinski definition) is 3. The first-order valence-corrected chi connectivity index (χ1v) is 7.59. The lowest BCUT2D eigenvalue weighted by Gasteiger charge is -2.13. The molecule has 0 amide bonds. The van der Waals surface area contributed by atoms with Crippen molar-refractivity contribution >= 4 is 10.9 Å². The molecule has 0 bridgehead atoms. The van der Waals surface area contributed by atoms with Crippen LogP contribution in [0.25, 0.3) is 10.9 Å². The monoisotopic (exact) mass is 290 g/mol. The number of benzene rings is 1. The van der Waals surface area contributed by atoms with Gasteiger partial charge in [0.1, 0.15) is 0 Å². The Morgan fingerprint density at radius 2 is 1.95 bits per heavy atom. The van der Waals surface area contributed by atoms with E-state index >= 15 is 0 Å². The van der Waals surface area contributed by atoms with Crippen LogP contribution in [0.3, 0.4) is 0 Å². The number of fused-ring (bicyclic) bond motifs is 1. The molecule has 4 heteroatoms. The third-order valence-corrected chi connectivity index (χ3v) is 3.48. The fourth-order valence-electron chi connectivity index (χ4n) is 2.39. The Morgan fingerprint density at radius 3 is 2.71 bits per heavy atom. The van der Waals surface area contributed by atoms with Crippen molar-refractivity contribution < 1.29 is 9.47 Å². The van der Waals surface area contributed by atoms with Crippen molar-refractivity contribution in [2.24, 2.45) is 0 Å². The van der Waals surface area contributed by atoms with Crippen molar-refractivity contribution in [3.05, 3.63) is 36.0 Å². The second-order valence-corrected chi connectivity index (χ2v) is 5.49. The lowest BCUT2D eigenvalue weighted by molar-refractivity contribution is 0.0667. The topological polar surface area (TPSA) is 35.4 Å². The average Bonchev–Trinajstić information content (AvgIpc) is 2.83. The zero-order valence-corrected chi connectivity index (χ0v) is 13.3. The summed E-state index contributed by atoms with van der Waals surface area (Å²) in [5.41, 5.74) is 2.58. The van der Waals surface area contributed by atoms with Crippen LogP contribution in [0.5, 0.6) is 0 Å². The molecule has 0 saturated heterocycles. The summed E-state index contributed by atoms with van der Waals surface area (Å²) in [6.45, 7) is 8.08. The summed E-state index contributed by atoms with van der Waals surface area (Å²) in [6.07, 6.45) is 0. The van der Waals surface area contributed by atoms with Gasteiger partial charge in [-0.25, -0.2) is 0 Å². The molecular weight excluding hydrogens is 264 g/mol. The highest BCUT2D eigenvalue weighted by atomic mass is 16.5. The van der Waals surface area contributed by atoms with Gasteiger partial charge >= 0.3 is 0 Å².